The SMILES string of the molecule is [c]1nnc2scnn12. The molecule has 8 heavy (non-hydrogen) atoms. The standard InChI is InChI=1S/C3HN4S/c1-4-6-3-7(1)5-2-8-3/h2H. The second-order valence-electron chi connectivity index (χ2n) is 1.23. The van der Waals surface area contributed by atoms with Crippen LogP contribution in [0.3, 0.4) is 0 Å². The summed E-state index contributed by atoms with van der Waals surface area (Å²) in [4.78, 5) is 0.782. The molecular formula is C3HN4S. The van der Waals surface area contributed by atoms with Crippen molar-refractivity contribution in [2.45, 2.75) is 0 Å². The van der Waals surface area contributed by atoms with Crippen LogP contribution in [0.5, 0.6) is 0 Å². The molecule has 4 nitrogen and oxygen atoms in total. The summed E-state index contributed by atoms with van der Waals surface area (Å²) < 4.78 is 1.50. The summed E-state index contributed by atoms with van der Waals surface area (Å²) in [5, 5.41) is 11.0. The molecule has 0 aliphatic rings. The molecule has 0 aromatic carbocycles. The van der Waals surface area contributed by atoms with Gasteiger partial charge in [0.25, 0.3) is 0 Å². The van der Waals surface area contributed by atoms with Crippen LogP contribution in [0.4, 0.5) is 0 Å². The van der Waals surface area contributed by atoms with Gasteiger partial charge in [-0.2, -0.15) is 9.61 Å². The minimum atomic E-state index is 0.782. The van der Waals surface area contributed by atoms with Gasteiger partial charge in [0.1, 0.15) is 5.51 Å². The van der Waals surface area contributed by atoms with Crippen molar-refractivity contribution in [3.05, 3.63) is 11.8 Å². The van der Waals surface area contributed by atoms with Crippen LogP contribution in [-0.2, 0) is 0 Å². The predicted octanol–water partition coefficient (Wildman–Crippen LogP) is -0.0140. The van der Waals surface area contributed by atoms with Gasteiger partial charge in [-0.05, 0) is 0 Å². The molecule has 0 saturated heterocycles. The minimum absolute atomic E-state index is 0.782. The molecule has 0 spiro atoms. The minimum Gasteiger partial charge on any atom is -0.180 e. The van der Waals surface area contributed by atoms with E-state index in [4.69, 9.17) is 0 Å². The van der Waals surface area contributed by atoms with E-state index in [1.54, 1.807) is 5.51 Å². The van der Waals surface area contributed by atoms with Gasteiger partial charge >= 0.3 is 0 Å². The van der Waals surface area contributed by atoms with E-state index in [0.29, 0.717) is 0 Å². The van der Waals surface area contributed by atoms with Gasteiger partial charge in [-0.25, -0.2) is 0 Å². The Labute approximate surface area is 48.8 Å². The lowest BCUT2D eigenvalue weighted by Crippen LogP contribution is -1.76. The molecule has 0 amide bonds. The molecular weight excluding hydrogens is 124 g/mol. The molecule has 0 fully saturated rings. The maximum atomic E-state index is 3.83. The highest BCUT2D eigenvalue weighted by Gasteiger charge is 1.93. The van der Waals surface area contributed by atoms with E-state index >= 15 is 0 Å². The Morgan fingerprint density at radius 2 is 2.75 bits per heavy atom. The molecule has 39 valence electrons. The van der Waals surface area contributed by atoms with Gasteiger partial charge in [0, 0.05) is 0 Å². The molecule has 2 aromatic rings. The van der Waals surface area contributed by atoms with Gasteiger partial charge in [0.05, 0.1) is 0 Å². The first-order chi connectivity index (χ1) is 3.97. The zero-order chi connectivity index (χ0) is 5.40. The predicted molar refractivity (Wildman–Crippen MR) is 27.5 cm³/mol. The molecule has 0 atom stereocenters. The van der Waals surface area contributed by atoms with E-state index in [-0.39, 0.29) is 0 Å². The highest BCUT2D eigenvalue weighted by molar-refractivity contribution is 7.14. The van der Waals surface area contributed by atoms with Crippen LogP contribution in [0.1, 0.15) is 0 Å². The average molecular weight is 125 g/mol. The Morgan fingerprint density at radius 3 is 3.62 bits per heavy atom. The first-order valence-corrected chi connectivity index (χ1v) is 2.87. The Morgan fingerprint density at radius 1 is 1.75 bits per heavy atom. The fourth-order valence-corrected chi connectivity index (χ4v) is 0.971. The van der Waals surface area contributed by atoms with E-state index in [2.05, 4.69) is 21.6 Å². The molecule has 2 aromatic heterocycles. The number of rotatable bonds is 0. The van der Waals surface area contributed by atoms with Crippen LogP contribution < -0.4 is 0 Å². The normalized spacial score (nSPS) is 10.5. The number of nitrogens with zero attached hydrogens (tertiary/aromatic N) is 4. The van der Waals surface area contributed by atoms with Crippen molar-refractivity contribution in [3.8, 4) is 0 Å². The summed E-state index contributed by atoms with van der Waals surface area (Å²) >= 11 is 1.44. The van der Waals surface area contributed by atoms with Crippen LogP contribution in [-0.4, -0.2) is 19.8 Å². The second kappa shape index (κ2) is 1.25. The van der Waals surface area contributed by atoms with Gasteiger partial charge < -0.3 is 0 Å². The van der Waals surface area contributed by atoms with Crippen LogP contribution in [0, 0.1) is 6.33 Å². The first-order valence-electron chi connectivity index (χ1n) is 1.99. The summed E-state index contributed by atoms with van der Waals surface area (Å²) in [6, 6.07) is 0. The zero-order valence-electron chi connectivity index (χ0n) is 3.77. The van der Waals surface area contributed by atoms with Gasteiger partial charge in [-0.1, -0.05) is 11.3 Å². The van der Waals surface area contributed by atoms with Crippen molar-refractivity contribution in [2.75, 3.05) is 0 Å². The van der Waals surface area contributed by atoms with Crippen LogP contribution >= 0.6 is 11.3 Å². The maximum absolute atomic E-state index is 3.83. The van der Waals surface area contributed by atoms with Crippen molar-refractivity contribution in [3.63, 3.8) is 0 Å². The van der Waals surface area contributed by atoms with E-state index in [1.165, 1.54) is 15.9 Å². The van der Waals surface area contributed by atoms with Crippen molar-refractivity contribution >= 4 is 16.3 Å². The Bertz CT molecular complexity index is 233. The van der Waals surface area contributed by atoms with Crippen molar-refractivity contribution in [1.29, 1.82) is 0 Å². The van der Waals surface area contributed by atoms with E-state index in [0.717, 1.165) is 4.96 Å². The quantitative estimate of drug-likeness (QED) is 0.497. The first kappa shape index (κ1) is 3.96. The highest BCUT2D eigenvalue weighted by atomic mass is 32.1. The molecule has 0 bridgehead atoms. The van der Waals surface area contributed by atoms with Crippen molar-refractivity contribution < 1.29 is 0 Å². The molecule has 2 heterocycles. The number of hydrogen-bond donors (Lipinski definition) is 0. The highest BCUT2D eigenvalue weighted by Crippen LogP contribution is 2.00. The molecule has 2 rings (SSSR count). The van der Waals surface area contributed by atoms with E-state index in [1.807, 2.05) is 0 Å². The van der Waals surface area contributed by atoms with Gasteiger partial charge in [-0.3, -0.25) is 0 Å². The fraction of sp³-hybridized carbons (Fsp3) is 0. The molecule has 1 radical (unpaired) electrons. The lowest BCUT2D eigenvalue weighted by molar-refractivity contribution is 0.944. The smallest absolute Gasteiger partial charge is 0.180 e. The van der Waals surface area contributed by atoms with E-state index < -0.39 is 0 Å². The largest absolute Gasteiger partial charge is 0.234 e. The Balaban J connectivity index is 3.06. The van der Waals surface area contributed by atoms with Crippen LogP contribution in [0.15, 0.2) is 5.51 Å². The summed E-state index contributed by atoms with van der Waals surface area (Å²) in [6.45, 7) is 0. The maximum Gasteiger partial charge on any atom is 0.234 e. The van der Waals surface area contributed by atoms with Crippen molar-refractivity contribution in [1.82, 2.24) is 19.8 Å². The van der Waals surface area contributed by atoms with Crippen molar-refractivity contribution in [2.24, 2.45) is 0 Å². The topological polar surface area (TPSA) is 43.1 Å². The summed E-state index contributed by atoms with van der Waals surface area (Å²) in [7, 11) is 0. The molecule has 0 unspecified atom stereocenters. The Kier molecular flexibility index (Phi) is 0.621. The molecule has 5 heteroatoms. The molecule has 0 aliphatic heterocycles. The monoisotopic (exact) mass is 125 g/mol. The second-order valence-corrected chi connectivity index (χ2v) is 2.04. The Hall–Kier alpha value is -0.970. The summed E-state index contributed by atoms with van der Waals surface area (Å²) in [5.74, 6) is 0. The molecule has 0 N–H and O–H groups in total. The van der Waals surface area contributed by atoms with E-state index in [9.17, 15) is 0 Å². The lowest BCUT2D eigenvalue weighted by Gasteiger charge is -1.65. The zero-order valence-corrected chi connectivity index (χ0v) is 4.59. The van der Waals surface area contributed by atoms with Gasteiger partial charge in [-0.15, -0.1) is 10.2 Å². The third-order valence-electron chi connectivity index (χ3n) is 0.777. The number of aromatic nitrogens is 4. The lowest BCUT2D eigenvalue weighted by atomic mass is 11.3. The van der Waals surface area contributed by atoms with Gasteiger partial charge in [0.2, 0.25) is 11.3 Å². The summed E-state index contributed by atoms with van der Waals surface area (Å²) in [6.07, 6.45) is 2.55. The van der Waals surface area contributed by atoms with Gasteiger partial charge in [0.15, 0.2) is 0 Å². The molecule has 0 saturated carbocycles. The number of hydrogen-bond acceptors (Lipinski definition) is 4. The third-order valence-corrected chi connectivity index (χ3v) is 1.44. The summed E-state index contributed by atoms with van der Waals surface area (Å²) in [5.41, 5.74) is 1.69. The third kappa shape index (κ3) is 0.362. The molecule has 0 aliphatic carbocycles. The fourth-order valence-electron chi connectivity index (χ4n) is 0.459. The van der Waals surface area contributed by atoms with Crippen LogP contribution in [0.2, 0.25) is 0 Å². The van der Waals surface area contributed by atoms with Crippen LogP contribution in [0.25, 0.3) is 4.96 Å². The number of fused-ring (bicyclic) bond motifs is 1. The average Bonchev–Trinajstić information content (AvgIpc) is 2.15.